The standard InChI is InChI=1S/C27H19N3O5/c31-25(29-21-3-1-2-20(14-21)24-15-28-16-34-24)11-7-17-4-8-19(9-5-17)27-30-22-12-18(13-26(32)33)6-10-23(22)35-27/h1-12,14-16H,13H2,(H,29,31)(H,32,33). The van der Waals surface area contributed by atoms with E-state index in [1.54, 1.807) is 36.5 Å². The third-order valence-electron chi connectivity index (χ3n) is 5.24. The second kappa shape index (κ2) is 9.48. The number of hydrogen-bond acceptors (Lipinski definition) is 6. The van der Waals surface area contributed by atoms with Gasteiger partial charge in [0, 0.05) is 22.9 Å². The quantitative estimate of drug-likeness (QED) is 0.308. The molecule has 2 N–H and O–H groups in total. The first-order valence-electron chi connectivity index (χ1n) is 10.7. The second-order valence-electron chi connectivity index (χ2n) is 7.78. The predicted octanol–water partition coefficient (Wildman–Crippen LogP) is 5.43. The van der Waals surface area contributed by atoms with Crippen molar-refractivity contribution in [1.82, 2.24) is 9.97 Å². The van der Waals surface area contributed by atoms with Crippen LogP contribution in [0.5, 0.6) is 0 Å². The van der Waals surface area contributed by atoms with Gasteiger partial charge in [0.25, 0.3) is 0 Å². The van der Waals surface area contributed by atoms with Crippen LogP contribution >= 0.6 is 0 Å². The van der Waals surface area contributed by atoms with Crippen LogP contribution < -0.4 is 5.32 Å². The Bertz CT molecular complexity index is 1530. The van der Waals surface area contributed by atoms with E-state index in [9.17, 15) is 9.59 Å². The van der Waals surface area contributed by atoms with Gasteiger partial charge in [0.1, 0.15) is 5.52 Å². The zero-order valence-electron chi connectivity index (χ0n) is 18.3. The van der Waals surface area contributed by atoms with E-state index in [1.165, 1.54) is 12.5 Å². The summed E-state index contributed by atoms with van der Waals surface area (Å²) in [7, 11) is 0. The van der Waals surface area contributed by atoms with Crippen molar-refractivity contribution < 1.29 is 23.5 Å². The van der Waals surface area contributed by atoms with Crippen LogP contribution in [0.2, 0.25) is 0 Å². The van der Waals surface area contributed by atoms with Crippen LogP contribution in [0.1, 0.15) is 11.1 Å². The lowest BCUT2D eigenvalue weighted by Crippen LogP contribution is -2.07. The number of benzene rings is 3. The first-order valence-corrected chi connectivity index (χ1v) is 10.7. The number of amides is 1. The van der Waals surface area contributed by atoms with Crippen LogP contribution in [0.4, 0.5) is 5.69 Å². The highest BCUT2D eigenvalue weighted by Gasteiger charge is 2.10. The zero-order chi connectivity index (χ0) is 24.2. The fourth-order valence-corrected chi connectivity index (χ4v) is 3.58. The van der Waals surface area contributed by atoms with E-state index in [1.807, 2.05) is 42.5 Å². The summed E-state index contributed by atoms with van der Waals surface area (Å²) in [4.78, 5) is 31.7. The van der Waals surface area contributed by atoms with Gasteiger partial charge in [-0.2, -0.15) is 0 Å². The minimum atomic E-state index is -0.898. The zero-order valence-corrected chi connectivity index (χ0v) is 18.3. The molecule has 0 atom stereocenters. The fourth-order valence-electron chi connectivity index (χ4n) is 3.58. The van der Waals surface area contributed by atoms with Gasteiger partial charge in [-0.1, -0.05) is 30.3 Å². The van der Waals surface area contributed by atoms with Gasteiger partial charge in [0.05, 0.1) is 12.6 Å². The predicted molar refractivity (Wildman–Crippen MR) is 130 cm³/mol. The average Bonchev–Trinajstić information content (AvgIpc) is 3.53. The first kappa shape index (κ1) is 21.8. The molecule has 1 amide bonds. The topological polar surface area (TPSA) is 118 Å². The molecule has 0 aliphatic rings. The SMILES string of the molecule is O=C(O)Cc1ccc2oc(-c3ccc(C=CC(=O)Nc4cccc(-c5cnco5)c4)cc3)nc2c1. The highest BCUT2D eigenvalue weighted by molar-refractivity contribution is 6.02. The molecule has 8 heteroatoms. The van der Waals surface area contributed by atoms with Gasteiger partial charge in [0.15, 0.2) is 17.7 Å². The molecule has 5 rings (SSSR count). The van der Waals surface area contributed by atoms with E-state index in [-0.39, 0.29) is 12.3 Å². The van der Waals surface area contributed by atoms with Crippen LogP contribution in [0, 0.1) is 0 Å². The lowest BCUT2D eigenvalue weighted by molar-refractivity contribution is -0.136. The number of aliphatic carboxylic acids is 1. The second-order valence-corrected chi connectivity index (χ2v) is 7.78. The van der Waals surface area contributed by atoms with Crippen LogP contribution in [-0.4, -0.2) is 27.0 Å². The molecule has 0 saturated carbocycles. The van der Waals surface area contributed by atoms with Crippen molar-refractivity contribution >= 4 is 34.7 Å². The highest BCUT2D eigenvalue weighted by atomic mass is 16.4. The van der Waals surface area contributed by atoms with Gasteiger partial charge >= 0.3 is 5.97 Å². The van der Waals surface area contributed by atoms with Crippen LogP contribution in [-0.2, 0) is 16.0 Å². The molecular weight excluding hydrogens is 446 g/mol. The molecule has 8 nitrogen and oxygen atoms in total. The average molecular weight is 465 g/mol. The number of carbonyl (C=O) groups is 2. The van der Waals surface area contributed by atoms with Crippen molar-refractivity contribution in [1.29, 1.82) is 0 Å². The number of oxazole rings is 2. The summed E-state index contributed by atoms with van der Waals surface area (Å²) in [6.07, 6.45) is 6.07. The lowest BCUT2D eigenvalue weighted by atomic mass is 10.1. The van der Waals surface area contributed by atoms with E-state index < -0.39 is 5.97 Å². The number of carboxylic acids is 1. The maximum absolute atomic E-state index is 12.4. The monoisotopic (exact) mass is 465 g/mol. The summed E-state index contributed by atoms with van der Waals surface area (Å²) < 4.78 is 11.1. The molecule has 5 aromatic rings. The van der Waals surface area contributed by atoms with E-state index in [0.717, 1.165) is 16.7 Å². The van der Waals surface area contributed by atoms with Gasteiger partial charge < -0.3 is 19.3 Å². The number of anilines is 1. The fraction of sp³-hybridized carbons (Fsp3) is 0.0370. The van der Waals surface area contributed by atoms with E-state index >= 15 is 0 Å². The van der Waals surface area contributed by atoms with Crippen LogP contribution in [0.3, 0.4) is 0 Å². The highest BCUT2D eigenvalue weighted by Crippen LogP contribution is 2.26. The normalized spacial score (nSPS) is 11.2. The Morgan fingerprint density at radius 1 is 1.00 bits per heavy atom. The molecule has 3 aromatic carbocycles. The molecule has 0 aliphatic heterocycles. The number of carbonyl (C=O) groups excluding carboxylic acids is 1. The summed E-state index contributed by atoms with van der Waals surface area (Å²) in [6.45, 7) is 0. The minimum absolute atomic E-state index is 0.0698. The molecule has 0 bridgehead atoms. The van der Waals surface area contributed by atoms with Gasteiger partial charge in [0.2, 0.25) is 11.8 Å². The Hall–Kier alpha value is -4.98. The van der Waals surface area contributed by atoms with Crippen molar-refractivity contribution in [2.24, 2.45) is 0 Å². The molecule has 0 aliphatic carbocycles. The Morgan fingerprint density at radius 2 is 1.86 bits per heavy atom. The molecular formula is C27H19N3O5. The van der Waals surface area contributed by atoms with Crippen molar-refractivity contribution in [2.75, 3.05) is 5.32 Å². The van der Waals surface area contributed by atoms with Crippen molar-refractivity contribution in [3.8, 4) is 22.8 Å². The summed E-state index contributed by atoms with van der Waals surface area (Å²) in [5.74, 6) is -0.103. The number of fused-ring (bicyclic) bond motifs is 1. The van der Waals surface area contributed by atoms with Gasteiger partial charge in [-0.25, -0.2) is 9.97 Å². The Kier molecular flexibility index (Phi) is 5.92. The number of hydrogen-bond donors (Lipinski definition) is 2. The van der Waals surface area contributed by atoms with Crippen molar-refractivity contribution in [3.63, 3.8) is 0 Å². The van der Waals surface area contributed by atoms with E-state index in [4.69, 9.17) is 13.9 Å². The summed E-state index contributed by atoms with van der Waals surface area (Å²) in [5, 5.41) is 11.8. The number of carboxylic acid groups (broad SMARTS) is 1. The molecule has 0 saturated heterocycles. The lowest BCUT2D eigenvalue weighted by Gasteiger charge is -2.04. The largest absolute Gasteiger partial charge is 0.481 e. The molecule has 35 heavy (non-hydrogen) atoms. The summed E-state index contributed by atoms with van der Waals surface area (Å²) in [5.41, 5.74) is 4.91. The van der Waals surface area contributed by atoms with Crippen molar-refractivity contribution in [3.05, 3.63) is 96.5 Å². The number of nitrogens with zero attached hydrogens (tertiary/aromatic N) is 2. The minimum Gasteiger partial charge on any atom is -0.481 e. The summed E-state index contributed by atoms with van der Waals surface area (Å²) >= 11 is 0. The molecule has 0 spiro atoms. The first-order chi connectivity index (χ1) is 17.0. The van der Waals surface area contributed by atoms with Gasteiger partial charge in [-0.05, 0) is 53.6 Å². The molecule has 2 aromatic heterocycles. The van der Waals surface area contributed by atoms with Gasteiger partial charge in [-0.3, -0.25) is 9.59 Å². The maximum Gasteiger partial charge on any atom is 0.307 e. The molecule has 2 heterocycles. The van der Waals surface area contributed by atoms with Crippen molar-refractivity contribution in [2.45, 2.75) is 6.42 Å². The number of nitrogens with one attached hydrogen (secondary N) is 1. The number of aromatic nitrogens is 2. The van der Waals surface area contributed by atoms with Crippen LogP contribution in [0.25, 0.3) is 40.0 Å². The van der Waals surface area contributed by atoms with Gasteiger partial charge in [-0.15, -0.1) is 0 Å². The Balaban J connectivity index is 1.25. The smallest absolute Gasteiger partial charge is 0.307 e. The van der Waals surface area contributed by atoms with E-state index in [0.29, 0.717) is 34.0 Å². The van der Waals surface area contributed by atoms with E-state index in [2.05, 4.69) is 15.3 Å². The molecule has 0 fully saturated rings. The van der Waals surface area contributed by atoms with Crippen LogP contribution in [0.15, 0.2) is 94.2 Å². The Labute approximate surface area is 199 Å². The summed E-state index contributed by atoms with van der Waals surface area (Å²) in [6, 6.07) is 19.9. The Morgan fingerprint density at radius 3 is 2.63 bits per heavy atom. The third kappa shape index (κ3) is 5.17. The molecule has 0 unspecified atom stereocenters. The molecule has 0 radical (unpaired) electrons. The third-order valence-corrected chi connectivity index (χ3v) is 5.24. The maximum atomic E-state index is 12.4. The number of rotatable bonds is 7. The molecule has 172 valence electrons.